The van der Waals surface area contributed by atoms with Gasteiger partial charge in [0.25, 0.3) is 0 Å². The van der Waals surface area contributed by atoms with Crippen molar-refractivity contribution < 1.29 is 4.42 Å². The van der Waals surface area contributed by atoms with Crippen molar-refractivity contribution in [1.29, 1.82) is 0 Å². The minimum atomic E-state index is 0.294. The van der Waals surface area contributed by atoms with E-state index in [1.807, 2.05) is 6.07 Å². The molecule has 0 aliphatic heterocycles. The number of para-hydroxylation sites is 1. The lowest BCUT2D eigenvalue weighted by atomic mass is 9.96. The molecule has 1 aromatic heterocycles. The molecule has 2 aromatic rings. The molecule has 21 heavy (non-hydrogen) atoms. The van der Waals surface area contributed by atoms with Crippen LogP contribution in [0.5, 0.6) is 0 Å². The highest BCUT2D eigenvalue weighted by molar-refractivity contribution is 5.82. The molecular weight excluding hydrogens is 260 g/mol. The van der Waals surface area contributed by atoms with E-state index in [2.05, 4.69) is 63.2 Å². The average Bonchev–Trinajstić information content (AvgIpc) is 2.71. The summed E-state index contributed by atoms with van der Waals surface area (Å²) in [5, 5.41) is 4.66. The van der Waals surface area contributed by atoms with E-state index in [0.29, 0.717) is 5.41 Å². The third-order valence-corrected chi connectivity index (χ3v) is 3.49. The van der Waals surface area contributed by atoms with Crippen molar-refractivity contribution in [2.45, 2.75) is 40.8 Å². The van der Waals surface area contributed by atoms with Gasteiger partial charge in [-0.3, -0.25) is 4.90 Å². The van der Waals surface area contributed by atoms with Gasteiger partial charge in [0.2, 0.25) is 0 Å². The van der Waals surface area contributed by atoms with Gasteiger partial charge >= 0.3 is 0 Å². The molecule has 0 amide bonds. The number of benzene rings is 1. The third-order valence-electron chi connectivity index (χ3n) is 3.49. The van der Waals surface area contributed by atoms with Gasteiger partial charge in [0.15, 0.2) is 0 Å². The maximum Gasteiger partial charge on any atom is 0.134 e. The van der Waals surface area contributed by atoms with E-state index < -0.39 is 0 Å². The van der Waals surface area contributed by atoms with Crippen LogP contribution in [0.15, 0.2) is 28.7 Å². The summed E-state index contributed by atoms with van der Waals surface area (Å²) in [6.07, 6.45) is 0. The van der Waals surface area contributed by atoms with Crippen LogP contribution in [-0.4, -0.2) is 25.0 Å². The lowest BCUT2D eigenvalue weighted by Crippen LogP contribution is -2.29. The molecular formula is C18H28N2O. The number of rotatable bonds is 6. The monoisotopic (exact) mass is 288 g/mol. The van der Waals surface area contributed by atoms with E-state index in [1.54, 1.807) is 0 Å². The highest BCUT2D eigenvalue weighted by Crippen LogP contribution is 2.27. The minimum absolute atomic E-state index is 0.294. The first kappa shape index (κ1) is 16.1. The van der Waals surface area contributed by atoms with Crippen molar-refractivity contribution in [3.05, 3.63) is 35.6 Å². The largest absolute Gasteiger partial charge is 0.459 e. The van der Waals surface area contributed by atoms with Crippen LogP contribution < -0.4 is 5.32 Å². The molecule has 3 nitrogen and oxygen atoms in total. The number of nitrogens with one attached hydrogen (secondary N) is 1. The molecule has 0 radical (unpaired) electrons. The summed E-state index contributed by atoms with van der Waals surface area (Å²) in [4.78, 5) is 2.34. The Kier molecular flexibility index (Phi) is 5.07. The smallest absolute Gasteiger partial charge is 0.134 e. The van der Waals surface area contributed by atoms with Crippen LogP contribution in [-0.2, 0) is 13.1 Å². The molecule has 0 saturated carbocycles. The summed E-state index contributed by atoms with van der Waals surface area (Å²) >= 11 is 0. The maximum atomic E-state index is 6.10. The highest BCUT2D eigenvalue weighted by atomic mass is 16.3. The Morgan fingerprint density at radius 1 is 1.19 bits per heavy atom. The zero-order chi connectivity index (χ0) is 15.5. The molecule has 0 saturated heterocycles. The third kappa shape index (κ3) is 4.32. The summed E-state index contributed by atoms with van der Waals surface area (Å²) in [5.74, 6) is 1.09. The Hall–Kier alpha value is -1.32. The molecule has 3 heteroatoms. The van der Waals surface area contributed by atoms with E-state index >= 15 is 0 Å². The fraction of sp³-hybridized carbons (Fsp3) is 0.556. The van der Waals surface area contributed by atoms with Gasteiger partial charge in [-0.05, 0) is 25.1 Å². The highest BCUT2D eigenvalue weighted by Gasteiger charge is 2.18. The Balaban J connectivity index is 2.25. The zero-order valence-corrected chi connectivity index (χ0v) is 14.0. The molecule has 0 aliphatic carbocycles. The fourth-order valence-corrected chi connectivity index (χ4v) is 2.83. The van der Waals surface area contributed by atoms with Gasteiger partial charge < -0.3 is 9.73 Å². The summed E-state index contributed by atoms with van der Waals surface area (Å²) in [5.41, 5.74) is 2.58. The Morgan fingerprint density at radius 3 is 2.57 bits per heavy atom. The average molecular weight is 288 g/mol. The molecule has 1 N–H and O–H groups in total. The van der Waals surface area contributed by atoms with Crippen LogP contribution >= 0.6 is 0 Å². The van der Waals surface area contributed by atoms with Crippen molar-refractivity contribution in [3.8, 4) is 0 Å². The Bertz CT molecular complexity index is 580. The second kappa shape index (κ2) is 6.63. The van der Waals surface area contributed by atoms with Crippen LogP contribution in [0.3, 0.4) is 0 Å². The van der Waals surface area contributed by atoms with Crippen molar-refractivity contribution in [3.63, 3.8) is 0 Å². The Morgan fingerprint density at radius 2 is 1.90 bits per heavy atom. The van der Waals surface area contributed by atoms with Gasteiger partial charge in [-0.25, -0.2) is 0 Å². The molecule has 0 fully saturated rings. The van der Waals surface area contributed by atoms with Crippen molar-refractivity contribution >= 4 is 11.0 Å². The van der Waals surface area contributed by atoms with Crippen molar-refractivity contribution in [2.24, 2.45) is 5.41 Å². The van der Waals surface area contributed by atoms with E-state index in [9.17, 15) is 0 Å². The topological polar surface area (TPSA) is 28.4 Å². The minimum Gasteiger partial charge on any atom is -0.459 e. The van der Waals surface area contributed by atoms with Gasteiger partial charge in [0.1, 0.15) is 11.3 Å². The number of hydrogen-bond acceptors (Lipinski definition) is 3. The van der Waals surface area contributed by atoms with Gasteiger partial charge in [0, 0.05) is 24.0 Å². The second-order valence-electron chi connectivity index (χ2n) is 7.01. The van der Waals surface area contributed by atoms with Crippen molar-refractivity contribution in [2.75, 3.05) is 20.1 Å². The maximum absolute atomic E-state index is 6.10. The summed E-state index contributed by atoms with van der Waals surface area (Å²) in [6.45, 7) is 12.7. The first-order chi connectivity index (χ1) is 9.90. The van der Waals surface area contributed by atoms with Gasteiger partial charge in [0.05, 0.1) is 6.54 Å². The summed E-state index contributed by atoms with van der Waals surface area (Å²) < 4.78 is 6.10. The molecule has 1 aromatic carbocycles. The van der Waals surface area contributed by atoms with E-state index in [0.717, 1.165) is 37.5 Å². The summed E-state index contributed by atoms with van der Waals surface area (Å²) in [7, 11) is 2.16. The predicted octanol–water partition coefficient (Wildman–Crippen LogP) is 4.02. The van der Waals surface area contributed by atoms with Gasteiger partial charge in [-0.2, -0.15) is 0 Å². The second-order valence-corrected chi connectivity index (χ2v) is 7.01. The van der Waals surface area contributed by atoms with E-state index in [4.69, 9.17) is 4.42 Å². The summed E-state index contributed by atoms with van der Waals surface area (Å²) in [6, 6.07) is 8.32. The van der Waals surface area contributed by atoms with Crippen LogP contribution in [0.4, 0.5) is 0 Å². The first-order valence-corrected chi connectivity index (χ1v) is 7.79. The molecule has 0 bridgehead atoms. The number of fused-ring (bicyclic) bond motifs is 1. The zero-order valence-electron chi connectivity index (χ0n) is 14.0. The van der Waals surface area contributed by atoms with Crippen LogP contribution in [0.2, 0.25) is 0 Å². The fourth-order valence-electron chi connectivity index (χ4n) is 2.83. The number of furan rings is 1. The van der Waals surface area contributed by atoms with Crippen LogP contribution in [0.25, 0.3) is 11.0 Å². The predicted molar refractivity (Wildman–Crippen MR) is 89.4 cm³/mol. The molecule has 0 spiro atoms. The first-order valence-electron chi connectivity index (χ1n) is 7.79. The lowest BCUT2D eigenvalue weighted by Gasteiger charge is -2.26. The molecule has 116 valence electrons. The van der Waals surface area contributed by atoms with Gasteiger partial charge in [-0.1, -0.05) is 45.9 Å². The molecule has 0 aliphatic rings. The van der Waals surface area contributed by atoms with Crippen LogP contribution in [0, 0.1) is 5.41 Å². The molecule has 1 heterocycles. The SMILES string of the molecule is CCNCc1c(CN(C)CC(C)(C)C)oc2ccccc12. The lowest BCUT2D eigenvalue weighted by molar-refractivity contribution is 0.208. The van der Waals surface area contributed by atoms with E-state index in [-0.39, 0.29) is 0 Å². The standard InChI is InChI=1S/C18H28N2O/c1-6-19-11-15-14-9-7-8-10-16(14)21-17(15)12-20(5)13-18(2,3)4/h7-10,19H,6,11-13H2,1-5H3. The van der Waals surface area contributed by atoms with Crippen LogP contribution in [0.1, 0.15) is 39.0 Å². The quantitative estimate of drug-likeness (QED) is 0.870. The van der Waals surface area contributed by atoms with E-state index in [1.165, 1.54) is 10.9 Å². The van der Waals surface area contributed by atoms with Crippen molar-refractivity contribution in [1.82, 2.24) is 10.2 Å². The molecule has 0 atom stereocenters. The van der Waals surface area contributed by atoms with Gasteiger partial charge in [-0.15, -0.1) is 0 Å². The number of hydrogen-bond donors (Lipinski definition) is 1. The molecule has 0 unspecified atom stereocenters. The number of nitrogens with zero attached hydrogens (tertiary/aromatic N) is 1. The normalized spacial score (nSPS) is 12.5. The Labute approximate surface area is 128 Å². The molecule has 2 rings (SSSR count).